The lowest BCUT2D eigenvalue weighted by Gasteiger charge is -2.09. The summed E-state index contributed by atoms with van der Waals surface area (Å²) in [7, 11) is 0. The van der Waals surface area contributed by atoms with Crippen molar-refractivity contribution in [3.63, 3.8) is 0 Å². The van der Waals surface area contributed by atoms with Gasteiger partial charge in [0.25, 0.3) is 0 Å². The summed E-state index contributed by atoms with van der Waals surface area (Å²) in [6.07, 6.45) is 7.23. The highest BCUT2D eigenvalue weighted by atomic mass is 16.4. The number of oxime groups is 1. The van der Waals surface area contributed by atoms with Gasteiger partial charge in [0.15, 0.2) is 5.84 Å². The van der Waals surface area contributed by atoms with Gasteiger partial charge in [-0.05, 0) is 30.4 Å². The van der Waals surface area contributed by atoms with Gasteiger partial charge in [0.05, 0.1) is 0 Å². The van der Waals surface area contributed by atoms with Gasteiger partial charge in [-0.1, -0.05) is 37.2 Å². The van der Waals surface area contributed by atoms with Crippen LogP contribution in [0.25, 0.3) is 0 Å². The molecule has 0 aliphatic carbocycles. The highest BCUT2D eigenvalue weighted by Gasteiger charge is 2.07. The summed E-state index contributed by atoms with van der Waals surface area (Å²) in [6, 6.07) is 8.10. The van der Waals surface area contributed by atoms with E-state index >= 15 is 0 Å². The van der Waals surface area contributed by atoms with E-state index in [4.69, 9.17) is 0 Å². The van der Waals surface area contributed by atoms with Gasteiger partial charge in [0, 0.05) is 18.0 Å². The van der Waals surface area contributed by atoms with Crippen LogP contribution < -0.4 is 0 Å². The quantitative estimate of drug-likeness (QED) is 0.396. The van der Waals surface area contributed by atoms with Gasteiger partial charge >= 0.3 is 0 Å². The maximum absolute atomic E-state index is 9.20. The number of rotatable bonds is 4. The Hall–Kier alpha value is -2.10. The molecule has 2 rings (SSSR count). The molecule has 0 bridgehead atoms. The molecular weight excluding hydrogens is 238 g/mol. The lowest BCUT2D eigenvalue weighted by molar-refractivity contribution is 0.317. The molecule has 1 heterocycles. The van der Waals surface area contributed by atoms with Crippen LogP contribution in [-0.4, -0.2) is 20.6 Å². The molecule has 0 radical (unpaired) electrons. The van der Waals surface area contributed by atoms with Crippen molar-refractivity contribution in [1.29, 1.82) is 0 Å². The fourth-order valence-electron chi connectivity index (χ4n) is 1.96. The second kappa shape index (κ2) is 6.18. The molecule has 2 aromatic rings. The zero-order chi connectivity index (χ0) is 13.7. The van der Waals surface area contributed by atoms with Crippen LogP contribution in [0.5, 0.6) is 0 Å². The summed E-state index contributed by atoms with van der Waals surface area (Å²) in [5.74, 6) is 1.17. The van der Waals surface area contributed by atoms with Crippen LogP contribution >= 0.6 is 0 Å². The molecule has 0 aliphatic heterocycles. The monoisotopic (exact) mass is 257 g/mol. The Morgan fingerprint density at radius 1 is 1.42 bits per heavy atom. The number of imidazole rings is 1. The molecule has 0 aliphatic rings. The minimum absolute atomic E-state index is 0.490. The maximum Gasteiger partial charge on any atom is 0.184 e. The van der Waals surface area contributed by atoms with Gasteiger partial charge < -0.3 is 5.21 Å². The highest BCUT2D eigenvalue weighted by molar-refractivity contribution is 6.00. The van der Waals surface area contributed by atoms with Crippen molar-refractivity contribution in [1.82, 2.24) is 9.55 Å². The normalized spacial score (nSPS) is 12.1. The third-order valence-corrected chi connectivity index (χ3v) is 3.04. The van der Waals surface area contributed by atoms with E-state index in [1.807, 2.05) is 12.1 Å². The molecule has 0 saturated heterocycles. The van der Waals surface area contributed by atoms with E-state index in [0.717, 1.165) is 18.4 Å². The van der Waals surface area contributed by atoms with E-state index in [1.54, 1.807) is 23.3 Å². The fraction of sp³-hybridized carbons (Fsp3) is 0.333. The van der Waals surface area contributed by atoms with E-state index in [-0.39, 0.29) is 0 Å². The van der Waals surface area contributed by atoms with Crippen molar-refractivity contribution in [3.05, 3.63) is 54.1 Å². The molecule has 0 atom stereocenters. The second-order valence-corrected chi connectivity index (χ2v) is 5.03. The predicted molar refractivity (Wildman–Crippen MR) is 75.5 cm³/mol. The van der Waals surface area contributed by atoms with Crippen LogP contribution in [0.1, 0.15) is 31.4 Å². The SMILES string of the molecule is CC(C)CCc1cccc(/C(=N\O)n2ccnc2)c1. The molecule has 0 unspecified atom stereocenters. The van der Waals surface area contributed by atoms with Gasteiger partial charge in [-0.2, -0.15) is 0 Å². The molecule has 0 spiro atoms. The lowest BCUT2D eigenvalue weighted by Crippen LogP contribution is -2.12. The minimum atomic E-state index is 0.490. The standard InChI is InChI=1S/C15H19N3O/c1-12(2)6-7-13-4-3-5-14(10-13)15(17-19)18-9-8-16-11-18/h3-5,8-12,19H,6-7H2,1-2H3/b17-15+. The number of hydrogen-bond donors (Lipinski definition) is 1. The van der Waals surface area contributed by atoms with E-state index in [9.17, 15) is 5.21 Å². The molecule has 1 N–H and O–H groups in total. The number of benzene rings is 1. The number of aryl methyl sites for hydroxylation is 1. The molecule has 0 amide bonds. The van der Waals surface area contributed by atoms with Gasteiger partial charge in [-0.3, -0.25) is 4.57 Å². The average Bonchev–Trinajstić information content (AvgIpc) is 2.92. The van der Waals surface area contributed by atoms with Crippen LogP contribution in [0.4, 0.5) is 0 Å². The largest absolute Gasteiger partial charge is 0.409 e. The Bertz CT molecular complexity index is 544. The van der Waals surface area contributed by atoms with Crippen molar-refractivity contribution in [2.75, 3.05) is 0 Å². The van der Waals surface area contributed by atoms with Crippen LogP contribution in [-0.2, 0) is 6.42 Å². The Morgan fingerprint density at radius 2 is 2.26 bits per heavy atom. The summed E-state index contributed by atoms with van der Waals surface area (Å²) < 4.78 is 1.70. The molecular formula is C15H19N3O. The fourth-order valence-corrected chi connectivity index (χ4v) is 1.96. The van der Waals surface area contributed by atoms with Crippen molar-refractivity contribution in [2.45, 2.75) is 26.7 Å². The van der Waals surface area contributed by atoms with Gasteiger partial charge in [-0.15, -0.1) is 0 Å². The zero-order valence-electron chi connectivity index (χ0n) is 11.3. The summed E-state index contributed by atoms with van der Waals surface area (Å²) in [5.41, 5.74) is 2.15. The molecule has 1 aromatic carbocycles. The van der Waals surface area contributed by atoms with Gasteiger partial charge in [0.1, 0.15) is 6.33 Å². The zero-order valence-corrected chi connectivity index (χ0v) is 11.3. The Morgan fingerprint density at radius 3 is 2.89 bits per heavy atom. The summed E-state index contributed by atoms with van der Waals surface area (Å²) in [6.45, 7) is 4.44. The van der Waals surface area contributed by atoms with Crippen molar-refractivity contribution in [2.24, 2.45) is 11.1 Å². The van der Waals surface area contributed by atoms with Crippen molar-refractivity contribution >= 4 is 5.84 Å². The first kappa shape index (κ1) is 13.3. The minimum Gasteiger partial charge on any atom is -0.409 e. The number of hydrogen-bond acceptors (Lipinski definition) is 3. The Balaban J connectivity index is 2.22. The molecule has 100 valence electrons. The van der Waals surface area contributed by atoms with E-state index in [2.05, 4.69) is 36.1 Å². The molecule has 1 aromatic heterocycles. The maximum atomic E-state index is 9.20. The van der Waals surface area contributed by atoms with Crippen molar-refractivity contribution < 1.29 is 5.21 Å². The average molecular weight is 257 g/mol. The third-order valence-electron chi connectivity index (χ3n) is 3.04. The number of aromatic nitrogens is 2. The molecule has 19 heavy (non-hydrogen) atoms. The lowest BCUT2D eigenvalue weighted by atomic mass is 10.0. The third kappa shape index (κ3) is 3.44. The van der Waals surface area contributed by atoms with E-state index < -0.39 is 0 Å². The predicted octanol–water partition coefficient (Wildman–Crippen LogP) is 3.16. The van der Waals surface area contributed by atoms with E-state index in [1.165, 1.54) is 5.56 Å². The molecule has 4 nitrogen and oxygen atoms in total. The first-order chi connectivity index (χ1) is 9.20. The first-order valence-electron chi connectivity index (χ1n) is 6.50. The summed E-state index contributed by atoms with van der Waals surface area (Å²) >= 11 is 0. The highest BCUT2D eigenvalue weighted by Crippen LogP contribution is 2.12. The first-order valence-corrected chi connectivity index (χ1v) is 6.50. The van der Waals surface area contributed by atoms with E-state index in [0.29, 0.717) is 11.8 Å². The number of nitrogens with zero attached hydrogens (tertiary/aromatic N) is 3. The molecule has 4 heteroatoms. The summed E-state index contributed by atoms with van der Waals surface area (Å²) in [4.78, 5) is 3.97. The van der Waals surface area contributed by atoms with Gasteiger partial charge in [-0.25, -0.2) is 4.98 Å². The smallest absolute Gasteiger partial charge is 0.184 e. The van der Waals surface area contributed by atoms with Crippen LogP contribution in [0, 0.1) is 5.92 Å². The van der Waals surface area contributed by atoms with Crippen molar-refractivity contribution in [3.8, 4) is 0 Å². The van der Waals surface area contributed by atoms with Crippen LogP contribution in [0.3, 0.4) is 0 Å². The Labute approximate surface area is 113 Å². The van der Waals surface area contributed by atoms with Crippen LogP contribution in [0.15, 0.2) is 48.1 Å². The molecule has 0 fully saturated rings. The second-order valence-electron chi connectivity index (χ2n) is 5.03. The molecule has 0 saturated carbocycles. The van der Waals surface area contributed by atoms with Crippen LogP contribution in [0.2, 0.25) is 0 Å². The Kier molecular flexibility index (Phi) is 4.34. The van der Waals surface area contributed by atoms with Gasteiger partial charge in [0.2, 0.25) is 0 Å². The summed E-state index contributed by atoms with van der Waals surface area (Å²) in [5, 5.41) is 12.6. The topological polar surface area (TPSA) is 50.4 Å².